The summed E-state index contributed by atoms with van der Waals surface area (Å²) in [6.07, 6.45) is 1.55. The number of hydrogen-bond donors (Lipinski definition) is 0. The molecule has 2 aliphatic rings. The van der Waals surface area contributed by atoms with Crippen molar-refractivity contribution in [3.63, 3.8) is 0 Å². The summed E-state index contributed by atoms with van der Waals surface area (Å²) >= 11 is 0. The van der Waals surface area contributed by atoms with Gasteiger partial charge in [-0.15, -0.1) is 0 Å². The first-order chi connectivity index (χ1) is 10.4. The average Bonchev–Trinajstić information content (AvgIpc) is 2.86. The zero-order valence-electron chi connectivity index (χ0n) is 13.8. The lowest BCUT2D eigenvalue weighted by Crippen LogP contribution is -2.48. The highest BCUT2D eigenvalue weighted by Crippen LogP contribution is 2.45. The number of carbonyl (C=O) groups excluding carboxylic acids is 2. The first-order valence-corrected chi connectivity index (χ1v) is 8.05. The Balaban J connectivity index is 2.01. The van der Waals surface area contributed by atoms with Gasteiger partial charge in [-0.1, -0.05) is 13.8 Å². The number of likely N-dealkylation sites (tertiary alicyclic amines) is 2. The maximum absolute atomic E-state index is 13.5. The molecular formula is C16H27FN2O3. The molecule has 2 amide bonds. The molecule has 1 atom stereocenters. The van der Waals surface area contributed by atoms with Crippen molar-refractivity contribution >= 4 is 11.8 Å². The Hall–Kier alpha value is -1.17. The highest BCUT2D eigenvalue weighted by molar-refractivity contribution is 5.78. The van der Waals surface area contributed by atoms with E-state index in [1.54, 1.807) is 4.90 Å². The predicted molar refractivity (Wildman–Crippen MR) is 81.0 cm³/mol. The zero-order chi connectivity index (χ0) is 16.3. The van der Waals surface area contributed by atoms with Crippen LogP contribution in [0.1, 0.15) is 26.7 Å². The molecule has 6 heteroatoms. The van der Waals surface area contributed by atoms with E-state index in [1.807, 2.05) is 18.7 Å². The average molecular weight is 314 g/mol. The quantitative estimate of drug-likeness (QED) is 0.786. The second kappa shape index (κ2) is 6.94. The Labute approximate surface area is 131 Å². The van der Waals surface area contributed by atoms with Crippen LogP contribution in [-0.2, 0) is 14.3 Å². The third-order valence-corrected chi connectivity index (χ3v) is 5.18. The molecule has 0 N–H and O–H groups in total. The van der Waals surface area contributed by atoms with Crippen LogP contribution in [-0.4, -0.2) is 68.2 Å². The van der Waals surface area contributed by atoms with Crippen LogP contribution in [0.4, 0.5) is 4.39 Å². The molecule has 0 aliphatic carbocycles. The third kappa shape index (κ3) is 3.26. The van der Waals surface area contributed by atoms with E-state index in [1.165, 1.54) is 7.11 Å². The van der Waals surface area contributed by atoms with E-state index in [4.69, 9.17) is 4.74 Å². The molecule has 0 aromatic heterocycles. The van der Waals surface area contributed by atoms with Gasteiger partial charge in [0.1, 0.15) is 6.61 Å². The van der Waals surface area contributed by atoms with Gasteiger partial charge in [-0.3, -0.25) is 14.0 Å². The van der Waals surface area contributed by atoms with Crippen LogP contribution < -0.4 is 0 Å². The van der Waals surface area contributed by atoms with Crippen LogP contribution in [0.5, 0.6) is 0 Å². The summed E-state index contributed by atoms with van der Waals surface area (Å²) in [5.74, 6) is -0.0329. The second-order valence-corrected chi connectivity index (χ2v) is 6.90. The summed E-state index contributed by atoms with van der Waals surface area (Å²) < 4.78 is 18.4. The predicted octanol–water partition coefficient (Wildman–Crippen LogP) is 1.33. The molecule has 0 aromatic rings. The zero-order valence-corrected chi connectivity index (χ0v) is 13.8. The lowest BCUT2D eigenvalue weighted by Gasteiger charge is -2.42. The topological polar surface area (TPSA) is 49.9 Å². The smallest absolute Gasteiger partial charge is 0.248 e. The highest BCUT2D eigenvalue weighted by Gasteiger charge is 2.49. The van der Waals surface area contributed by atoms with E-state index >= 15 is 0 Å². The van der Waals surface area contributed by atoms with Crippen LogP contribution in [0.2, 0.25) is 0 Å². The van der Waals surface area contributed by atoms with Crippen molar-refractivity contribution in [3.05, 3.63) is 0 Å². The van der Waals surface area contributed by atoms with Gasteiger partial charge in [0, 0.05) is 45.1 Å². The molecule has 0 aromatic carbocycles. The minimum atomic E-state index is -0.408. The molecule has 0 saturated carbocycles. The van der Waals surface area contributed by atoms with Gasteiger partial charge in [0.2, 0.25) is 11.8 Å². The lowest BCUT2D eigenvalue weighted by molar-refractivity contribution is -0.138. The number of carbonyl (C=O) groups is 2. The summed E-state index contributed by atoms with van der Waals surface area (Å²) in [5, 5.41) is 0. The summed E-state index contributed by atoms with van der Waals surface area (Å²) in [6, 6.07) is 0. The maximum Gasteiger partial charge on any atom is 0.248 e. The van der Waals surface area contributed by atoms with E-state index in [0.29, 0.717) is 26.2 Å². The van der Waals surface area contributed by atoms with Gasteiger partial charge in [-0.2, -0.15) is 0 Å². The van der Waals surface area contributed by atoms with Gasteiger partial charge >= 0.3 is 0 Å². The van der Waals surface area contributed by atoms with Crippen LogP contribution in [0.3, 0.4) is 0 Å². The molecule has 2 aliphatic heterocycles. The molecule has 0 radical (unpaired) electrons. The highest BCUT2D eigenvalue weighted by atomic mass is 19.1. The Morgan fingerprint density at radius 2 is 1.91 bits per heavy atom. The monoisotopic (exact) mass is 314 g/mol. The molecule has 2 heterocycles. The van der Waals surface area contributed by atoms with E-state index in [0.717, 1.165) is 12.8 Å². The van der Waals surface area contributed by atoms with Crippen molar-refractivity contribution in [2.45, 2.75) is 26.7 Å². The molecule has 22 heavy (non-hydrogen) atoms. The molecule has 2 rings (SSSR count). The van der Waals surface area contributed by atoms with E-state index < -0.39 is 6.67 Å². The minimum absolute atomic E-state index is 0.00520. The molecule has 1 spiro atoms. The van der Waals surface area contributed by atoms with Crippen molar-refractivity contribution in [3.8, 4) is 0 Å². The lowest BCUT2D eigenvalue weighted by atomic mass is 9.71. The Bertz CT molecular complexity index is 420. The van der Waals surface area contributed by atoms with E-state index in [2.05, 4.69) is 0 Å². The van der Waals surface area contributed by atoms with Gasteiger partial charge in [0.15, 0.2) is 0 Å². The van der Waals surface area contributed by atoms with Gasteiger partial charge in [0.25, 0.3) is 0 Å². The van der Waals surface area contributed by atoms with Gasteiger partial charge in [0.05, 0.1) is 6.67 Å². The standard InChI is InChI=1S/C16H27FN2O3/c1-12(2)15(21)18-6-4-16(5-7-18)11-19(9-13(16)8-17)14(20)10-22-3/h12-13H,4-11H2,1-3H3. The summed E-state index contributed by atoms with van der Waals surface area (Å²) in [6.45, 7) is 5.83. The number of methoxy groups -OCH3 is 1. The number of halogens is 1. The van der Waals surface area contributed by atoms with Crippen molar-refractivity contribution in [1.82, 2.24) is 9.80 Å². The largest absolute Gasteiger partial charge is 0.375 e. The van der Waals surface area contributed by atoms with Crippen LogP contribution in [0.15, 0.2) is 0 Å². The van der Waals surface area contributed by atoms with Crippen LogP contribution in [0, 0.1) is 17.3 Å². The summed E-state index contributed by atoms with van der Waals surface area (Å²) in [5.41, 5.74) is -0.175. The normalized spacial score (nSPS) is 24.3. The molecule has 126 valence electrons. The van der Waals surface area contributed by atoms with Crippen molar-refractivity contribution in [2.24, 2.45) is 17.3 Å². The summed E-state index contributed by atoms with van der Waals surface area (Å²) in [4.78, 5) is 27.7. The minimum Gasteiger partial charge on any atom is -0.375 e. The number of hydrogen-bond acceptors (Lipinski definition) is 3. The molecule has 1 unspecified atom stereocenters. The summed E-state index contributed by atoms with van der Waals surface area (Å²) in [7, 11) is 1.49. The first-order valence-electron chi connectivity index (χ1n) is 8.05. The van der Waals surface area contributed by atoms with Gasteiger partial charge in [-0.05, 0) is 18.3 Å². The molecule has 2 fully saturated rings. The van der Waals surface area contributed by atoms with Crippen LogP contribution in [0.25, 0.3) is 0 Å². The number of nitrogens with zero attached hydrogens (tertiary/aromatic N) is 2. The maximum atomic E-state index is 13.5. The number of ether oxygens (including phenoxy) is 1. The molecule has 2 saturated heterocycles. The Kier molecular flexibility index (Phi) is 5.42. The van der Waals surface area contributed by atoms with Gasteiger partial charge < -0.3 is 14.5 Å². The third-order valence-electron chi connectivity index (χ3n) is 5.18. The first kappa shape index (κ1) is 17.2. The molecule has 0 bridgehead atoms. The number of amides is 2. The number of alkyl halides is 1. The van der Waals surface area contributed by atoms with Crippen molar-refractivity contribution < 1.29 is 18.7 Å². The number of rotatable bonds is 4. The van der Waals surface area contributed by atoms with Crippen molar-refractivity contribution in [1.29, 1.82) is 0 Å². The van der Waals surface area contributed by atoms with Gasteiger partial charge in [-0.25, -0.2) is 0 Å². The van der Waals surface area contributed by atoms with E-state index in [-0.39, 0.29) is 35.7 Å². The molecule has 5 nitrogen and oxygen atoms in total. The van der Waals surface area contributed by atoms with Crippen molar-refractivity contribution in [2.75, 3.05) is 46.6 Å². The fourth-order valence-electron chi connectivity index (χ4n) is 3.75. The molecular weight excluding hydrogens is 287 g/mol. The Morgan fingerprint density at radius 3 is 2.41 bits per heavy atom. The van der Waals surface area contributed by atoms with E-state index in [9.17, 15) is 14.0 Å². The fraction of sp³-hybridized carbons (Fsp3) is 0.875. The number of piperidine rings is 1. The van der Waals surface area contributed by atoms with Crippen LogP contribution >= 0.6 is 0 Å². The second-order valence-electron chi connectivity index (χ2n) is 6.90. The fourth-order valence-corrected chi connectivity index (χ4v) is 3.75. The Morgan fingerprint density at radius 1 is 1.27 bits per heavy atom. The SMILES string of the molecule is COCC(=O)N1CC(CF)C2(CCN(C(=O)C(C)C)CC2)C1.